The van der Waals surface area contributed by atoms with E-state index in [1.54, 1.807) is 0 Å². The number of rotatable bonds is 3. The van der Waals surface area contributed by atoms with E-state index in [9.17, 15) is 0 Å². The topological polar surface area (TPSA) is 26.0 Å². The van der Waals surface area contributed by atoms with Gasteiger partial charge in [0.15, 0.2) is 0 Å². The number of hydrogen-bond acceptors (Lipinski definition) is 1. The van der Waals surface area contributed by atoms with Gasteiger partial charge in [0.2, 0.25) is 0 Å². The molecule has 0 saturated carbocycles. The van der Waals surface area contributed by atoms with Crippen molar-refractivity contribution in [1.29, 1.82) is 0 Å². The van der Waals surface area contributed by atoms with Gasteiger partial charge >= 0.3 is 0 Å². The second kappa shape index (κ2) is 5.52. The first kappa shape index (κ1) is 11.7. The fourth-order valence-corrected chi connectivity index (χ4v) is 1.30. The van der Waals surface area contributed by atoms with E-state index in [0.29, 0.717) is 0 Å². The van der Waals surface area contributed by atoms with Crippen LogP contribution >= 0.6 is 0 Å². The molecule has 0 amide bonds. The molecule has 0 bridgehead atoms. The van der Waals surface area contributed by atoms with Gasteiger partial charge in [-0.2, -0.15) is 0 Å². The average molecular weight is 201 g/mol. The molecular formula is C14H19N. The molecule has 0 fully saturated rings. The van der Waals surface area contributed by atoms with E-state index in [2.05, 4.69) is 31.7 Å². The Hall–Kier alpha value is -1.34. The summed E-state index contributed by atoms with van der Waals surface area (Å²) >= 11 is 0. The second-order valence-electron chi connectivity index (χ2n) is 3.81. The Morgan fingerprint density at radius 1 is 1.53 bits per heavy atom. The van der Waals surface area contributed by atoms with Crippen molar-refractivity contribution in [3.63, 3.8) is 0 Å². The predicted octanol–water partition coefficient (Wildman–Crippen LogP) is 3.28. The molecule has 1 nitrogen and oxygen atoms in total. The van der Waals surface area contributed by atoms with Gasteiger partial charge in [0.25, 0.3) is 0 Å². The van der Waals surface area contributed by atoms with Crippen molar-refractivity contribution in [3.8, 4) is 0 Å². The Morgan fingerprint density at radius 3 is 2.80 bits per heavy atom. The molecular weight excluding hydrogens is 182 g/mol. The van der Waals surface area contributed by atoms with Crippen molar-refractivity contribution in [3.05, 3.63) is 59.8 Å². The quantitative estimate of drug-likeness (QED) is 0.697. The van der Waals surface area contributed by atoms with Crippen LogP contribution < -0.4 is 5.73 Å². The molecule has 0 aromatic carbocycles. The minimum atomic E-state index is 0.169. The van der Waals surface area contributed by atoms with Gasteiger partial charge in [-0.3, -0.25) is 0 Å². The van der Waals surface area contributed by atoms with Crippen LogP contribution in [0.15, 0.2) is 59.8 Å². The van der Waals surface area contributed by atoms with Gasteiger partial charge in [0.05, 0.1) is 0 Å². The third kappa shape index (κ3) is 3.72. The molecule has 0 heterocycles. The summed E-state index contributed by atoms with van der Waals surface area (Å²) in [5.74, 6) is 0. The molecule has 1 unspecified atom stereocenters. The maximum Gasteiger partial charge on any atom is 0.0262 e. The highest BCUT2D eigenvalue weighted by Gasteiger charge is 2.04. The van der Waals surface area contributed by atoms with Crippen LogP contribution in [0.4, 0.5) is 0 Å². The van der Waals surface area contributed by atoms with Crippen LogP contribution in [0.2, 0.25) is 0 Å². The fourth-order valence-electron chi connectivity index (χ4n) is 1.30. The molecule has 2 N–H and O–H groups in total. The van der Waals surface area contributed by atoms with Crippen LogP contribution in [-0.4, -0.2) is 6.04 Å². The van der Waals surface area contributed by atoms with Crippen LogP contribution in [0.3, 0.4) is 0 Å². The van der Waals surface area contributed by atoms with Crippen LogP contribution in [0, 0.1) is 0 Å². The number of allylic oxidation sites excluding steroid dienone is 7. The van der Waals surface area contributed by atoms with Gasteiger partial charge in [-0.25, -0.2) is 0 Å². The van der Waals surface area contributed by atoms with Gasteiger partial charge in [-0.15, -0.1) is 0 Å². The summed E-state index contributed by atoms with van der Waals surface area (Å²) in [5, 5.41) is 0. The molecule has 1 rings (SSSR count). The van der Waals surface area contributed by atoms with Crippen molar-refractivity contribution in [2.75, 3.05) is 0 Å². The SMILES string of the molecule is C=C(/C=C\C(C)=C/C)C1=CCC(N)C=C1. The lowest BCUT2D eigenvalue weighted by atomic mass is 9.98. The third-order valence-corrected chi connectivity index (χ3v) is 2.51. The Labute approximate surface area is 92.4 Å². The first-order valence-electron chi connectivity index (χ1n) is 5.27. The maximum atomic E-state index is 5.75. The number of hydrogen-bond donors (Lipinski definition) is 1. The predicted molar refractivity (Wildman–Crippen MR) is 67.5 cm³/mol. The summed E-state index contributed by atoms with van der Waals surface area (Å²) in [4.78, 5) is 0. The zero-order valence-corrected chi connectivity index (χ0v) is 9.53. The van der Waals surface area contributed by atoms with E-state index in [1.807, 2.05) is 25.2 Å². The Kier molecular flexibility index (Phi) is 4.32. The summed E-state index contributed by atoms with van der Waals surface area (Å²) in [5.41, 5.74) is 9.22. The molecule has 1 atom stereocenters. The van der Waals surface area contributed by atoms with Gasteiger partial charge < -0.3 is 5.73 Å². The zero-order valence-electron chi connectivity index (χ0n) is 9.53. The first-order valence-corrected chi connectivity index (χ1v) is 5.27. The smallest absolute Gasteiger partial charge is 0.0262 e. The van der Waals surface area contributed by atoms with Crippen molar-refractivity contribution in [2.45, 2.75) is 26.3 Å². The molecule has 0 spiro atoms. The molecule has 0 radical (unpaired) electrons. The zero-order chi connectivity index (χ0) is 11.3. The summed E-state index contributed by atoms with van der Waals surface area (Å²) in [6, 6.07) is 0.169. The molecule has 0 aromatic rings. The molecule has 15 heavy (non-hydrogen) atoms. The summed E-state index contributed by atoms with van der Waals surface area (Å²) in [7, 11) is 0. The summed E-state index contributed by atoms with van der Waals surface area (Å²) < 4.78 is 0. The minimum absolute atomic E-state index is 0.169. The lowest BCUT2D eigenvalue weighted by Gasteiger charge is -2.11. The highest BCUT2D eigenvalue weighted by molar-refractivity contribution is 5.47. The highest BCUT2D eigenvalue weighted by atomic mass is 14.6. The molecule has 0 aliphatic heterocycles. The summed E-state index contributed by atoms with van der Waals surface area (Å²) in [6.45, 7) is 8.14. The van der Waals surface area contributed by atoms with E-state index in [4.69, 9.17) is 5.73 Å². The van der Waals surface area contributed by atoms with Crippen LogP contribution in [-0.2, 0) is 0 Å². The van der Waals surface area contributed by atoms with E-state index >= 15 is 0 Å². The Bertz CT molecular complexity index is 354. The molecule has 1 aliphatic carbocycles. The van der Waals surface area contributed by atoms with Gasteiger partial charge in [0, 0.05) is 6.04 Å². The second-order valence-corrected chi connectivity index (χ2v) is 3.81. The van der Waals surface area contributed by atoms with Crippen LogP contribution in [0.1, 0.15) is 20.3 Å². The molecule has 0 saturated heterocycles. The number of nitrogens with two attached hydrogens (primary N) is 1. The lowest BCUT2D eigenvalue weighted by molar-refractivity contribution is 0.820. The van der Waals surface area contributed by atoms with E-state index in [0.717, 1.165) is 12.0 Å². The Balaban J connectivity index is 2.63. The normalized spacial score (nSPS) is 21.9. The lowest BCUT2D eigenvalue weighted by Crippen LogP contribution is -2.17. The highest BCUT2D eigenvalue weighted by Crippen LogP contribution is 2.17. The van der Waals surface area contributed by atoms with Crippen molar-refractivity contribution in [1.82, 2.24) is 0 Å². The molecule has 0 aromatic heterocycles. The van der Waals surface area contributed by atoms with Crippen molar-refractivity contribution >= 4 is 0 Å². The summed E-state index contributed by atoms with van der Waals surface area (Å²) in [6.07, 6.45) is 13.3. The minimum Gasteiger partial charge on any atom is -0.324 e. The Morgan fingerprint density at radius 2 is 2.27 bits per heavy atom. The van der Waals surface area contributed by atoms with Gasteiger partial charge in [0.1, 0.15) is 0 Å². The maximum absolute atomic E-state index is 5.75. The third-order valence-electron chi connectivity index (χ3n) is 2.51. The van der Waals surface area contributed by atoms with Crippen LogP contribution in [0.25, 0.3) is 0 Å². The fraction of sp³-hybridized carbons (Fsp3) is 0.286. The van der Waals surface area contributed by atoms with Gasteiger partial charge in [-0.05, 0) is 31.4 Å². The molecule has 80 valence electrons. The first-order chi connectivity index (χ1) is 7.13. The van der Waals surface area contributed by atoms with Crippen LogP contribution in [0.5, 0.6) is 0 Å². The van der Waals surface area contributed by atoms with E-state index in [-0.39, 0.29) is 6.04 Å². The largest absolute Gasteiger partial charge is 0.324 e. The van der Waals surface area contributed by atoms with Crippen molar-refractivity contribution < 1.29 is 0 Å². The molecule has 1 aliphatic rings. The van der Waals surface area contributed by atoms with E-state index in [1.165, 1.54) is 11.1 Å². The van der Waals surface area contributed by atoms with Gasteiger partial charge in [-0.1, -0.05) is 48.6 Å². The molecule has 1 heteroatoms. The monoisotopic (exact) mass is 201 g/mol. The van der Waals surface area contributed by atoms with Crippen molar-refractivity contribution in [2.24, 2.45) is 5.73 Å². The average Bonchev–Trinajstić information content (AvgIpc) is 2.26. The van der Waals surface area contributed by atoms with E-state index < -0.39 is 0 Å². The standard InChI is InChI=1S/C14H19N/c1-4-11(2)5-6-12(3)13-7-9-14(15)10-8-13/h4-9,14H,3,10,15H2,1-2H3/b6-5-,11-4-.